The van der Waals surface area contributed by atoms with Gasteiger partial charge < -0.3 is 10.4 Å². The minimum absolute atomic E-state index is 0.0664. The molecule has 0 aliphatic rings. The van der Waals surface area contributed by atoms with E-state index in [-0.39, 0.29) is 12.6 Å². The van der Waals surface area contributed by atoms with Crippen molar-refractivity contribution in [2.24, 2.45) is 0 Å². The zero-order valence-electron chi connectivity index (χ0n) is 11.8. The van der Waals surface area contributed by atoms with Crippen LogP contribution in [0, 0.1) is 20.8 Å². The van der Waals surface area contributed by atoms with Crippen molar-refractivity contribution < 1.29 is 5.11 Å². The maximum Gasteiger partial charge on any atom is 0.0747 e. The van der Waals surface area contributed by atoms with Crippen molar-refractivity contribution in [1.82, 2.24) is 0 Å². The van der Waals surface area contributed by atoms with Crippen LogP contribution in [0.3, 0.4) is 0 Å². The minimum atomic E-state index is -0.0664. The smallest absolute Gasteiger partial charge is 0.0747 e. The number of aryl methyl sites for hydroxylation is 3. The van der Waals surface area contributed by atoms with Crippen molar-refractivity contribution in [3.63, 3.8) is 0 Å². The van der Waals surface area contributed by atoms with Gasteiger partial charge in [-0.05, 0) is 44.0 Å². The fourth-order valence-corrected chi connectivity index (χ4v) is 2.29. The molecule has 2 aromatic rings. The van der Waals surface area contributed by atoms with E-state index >= 15 is 0 Å². The van der Waals surface area contributed by atoms with Gasteiger partial charge in [0.25, 0.3) is 0 Å². The molecule has 1 unspecified atom stereocenters. The van der Waals surface area contributed by atoms with E-state index in [0.717, 1.165) is 11.3 Å². The van der Waals surface area contributed by atoms with Gasteiger partial charge in [-0.25, -0.2) is 0 Å². The molecule has 2 N–H and O–H groups in total. The van der Waals surface area contributed by atoms with Crippen LogP contribution in [0.1, 0.15) is 28.3 Å². The summed E-state index contributed by atoms with van der Waals surface area (Å²) in [4.78, 5) is 0. The Bertz CT molecular complexity index is 546. The summed E-state index contributed by atoms with van der Waals surface area (Å²) in [5.41, 5.74) is 5.86. The van der Waals surface area contributed by atoms with Crippen LogP contribution < -0.4 is 5.32 Å². The summed E-state index contributed by atoms with van der Waals surface area (Å²) in [5.74, 6) is 0. The lowest BCUT2D eigenvalue weighted by atomic mass is 9.99. The van der Waals surface area contributed by atoms with Gasteiger partial charge in [-0.15, -0.1) is 0 Å². The van der Waals surface area contributed by atoms with Crippen LogP contribution in [0.25, 0.3) is 0 Å². The predicted octanol–water partition coefficient (Wildman–Crippen LogP) is 3.76. The zero-order valence-corrected chi connectivity index (χ0v) is 11.8. The SMILES string of the molecule is Cc1ccc(NC(CO)c2ccc(C)cc2C)cc1. The molecule has 0 aromatic heterocycles. The number of aliphatic hydroxyl groups excluding tert-OH is 1. The Balaban J connectivity index is 2.22. The summed E-state index contributed by atoms with van der Waals surface area (Å²) in [6.45, 7) is 6.31. The first kappa shape index (κ1) is 13.6. The molecular formula is C17H21NO. The fourth-order valence-electron chi connectivity index (χ4n) is 2.29. The Labute approximate surface area is 115 Å². The second-order valence-electron chi connectivity index (χ2n) is 5.11. The van der Waals surface area contributed by atoms with Crippen molar-refractivity contribution in [3.8, 4) is 0 Å². The fraction of sp³-hybridized carbons (Fsp3) is 0.294. The Hall–Kier alpha value is -1.80. The van der Waals surface area contributed by atoms with Gasteiger partial charge in [0.1, 0.15) is 0 Å². The molecule has 0 aliphatic carbocycles. The van der Waals surface area contributed by atoms with Crippen molar-refractivity contribution in [2.75, 3.05) is 11.9 Å². The third kappa shape index (κ3) is 3.36. The highest BCUT2D eigenvalue weighted by Crippen LogP contribution is 2.23. The molecule has 0 aliphatic heterocycles. The summed E-state index contributed by atoms with van der Waals surface area (Å²) in [6.07, 6.45) is 0. The van der Waals surface area contributed by atoms with Crippen LogP contribution in [0.2, 0.25) is 0 Å². The molecule has 0 spiro atoms. The van der Waals surface area contributed by atoms with Gasteiger partial charge in [0.15, 0.2) is 0 Å². The van der Waals surface area contributed by atoms with Gasteiger partial charge in [0, 0.05) is 5.69 Å². The number of anilines is 1. The average Bonchev–Trinajstić information content (AvgIpc) is 2.39. The highest BCUT2D eigenvalue weighted by atomic mass is 16.3. The minimum Gasteiger partial charge on any atom is -0.394 e. The van der Waals surface area contributed by atoms with E-state index in [1.54, 1.807) is 0 Å². The first-order valence-electron chi connectivity index (χ1n) is 6.61. The zero-order chi connectivity index (χ0) is 13.8. The van der Waals surface area contributed by atoms with Crippen molar-refractivity contribution >= 4 is 5.69 Å². The Morgan fingerprint density at radius 3 is 2.16 bits per heavy atom. The van der Waals surface area contributed by atoms with Crippen LogP contribution >= 0.6 is 0 Å². The second kappa shape index (κ2) is 5.89. The van der Waals surface area contributed by atoms with E-state index in [4.69, 9.17) is 0 Å². The Kier molecular flexibility index (Phi) is 4.23. The van der Waals surface area contributed by atoms with Gasteiger partial charge >= 0.3 is 0 Å². The topological polar surface area (TPSA) is 32.3 Å². The molecule has 2 heteroatoms. The second-order valence-corrected chi connectivity index (χ2v) is 5.11. The number of rotatable bonds is 4. The molecule has 0 fully saturated rings. The predicted molar refractivity (Wildman–Crippen MR) is 80.5 cm³/mol. The molecule has 1 atom stereocenters. The van der Waals surface area contributed by atoms with Gasteiger partial charge in [0.2, 0.25) is 0 Å². The summed E-state index contributed by atoms with van der Waals surface area (Å²) >= 11 is 0. The molecule has 0 heterocycles. The van der Waals surface area contributed by atoms with Gasteiger partial charge in [-0.1, -0.05) is 41.5 Å². The number of hydrogen-bond donors (Lipinski definition) is 2. The van der Waals surface area contributed by atoms with Crippen LogP contribution in [0.15, 0.2) is 42.5 Å². The molecule has 100 valence electrons. The maximum atomic E-state index is 9.63. The molecule has 0 radical (unpaired) electrons. The Morgan fingerprint density at radius 1 is 0.947 bits per heavy atom. The largest absolute Gasteiger partial charge is 0.394 e. The molecule has 19 heavy (non-hydrogen) atoms. The van der Waals surface area contributed by atoms with Gasteiger partial charge in [-0.3, -0.25) is 0 Å². The van der Waals surface area contributed by atoms with E-state index in [1.807, 2.05) is 12.1 Å². The number of benzene rings is 2. The molecule has 0 bridgehead atoms. The lowest BCUT2D eigenvalue weighted by Crippen LogP contribution is -2.16. The summed E-state index contributed by atoms with van der Waals surface area (Å²) in [5, 5.41) is 13.0. The third-order valence-corrected chi connectivity index (χ3v) is 3.38. The van der Waals surface area contributed by atoms with E-state index in [0.29, 0.717) is 0 Å². The lowest BCUT2D eigenvalue weighted by molar-refractivity contribution is 0.276. The van der Waals surface area contributed by atoms with E-state index in [9.17, 15) is 5.11 Å². The molecule has 0 saturated heterocycles. The van der Waals surface area contributed by atoms with E-state index in [1.165, 1.54) is 16.7 Å². The highest BCUT2D eigenvalue weighted by Gasteiger charge is 2.12. The molecule has 2 nitrogen and oxygen atoms in total. The van der Waals surface area contributed by atoms with E-state index in [2.05, 4.69) is 56.4 Å². The maximum absolute atomic E-state index is 9.63. The normalized spacial score (nSPS) is 12.2. The van der Waals surface area contributed by atoms with Crippen LogP contribution in [0.4, 0.5) is 5.69 Å². The summed E-state index contributed by atoms with van der Waals surface area (Å²) < 4.78 is 0. The first-order chi connectivity index (χ1) is 9.10. The van der Waals surface area contributed by atoms with Crippen molar-refractivity contribution in [2.45, 2.75) is 26.8 Å². The summed E-state index contributed by atoms with van der Waals surface area (Å²) in [7, 11) is 0. The number of aliphatic hydroxyl groups is 1. The Morgan fingerprint density at radius 2 is 1.58 bits per heavy atom. The van der Waals surface area contributed by atoms with Crippen LogP contribution in [-0.2, 0) is 0 Å². The van der Waals surface area contributed by atoms with Crippen molar-refractivity contribution in [3.05, 3.63) is 64.7 Å². The molecular weight excluding hydrogens is 234 g/mol. The van der Waals surface area contributed by atoms with Crippen LogP contribution in [0.5, 0.6) is 0 Å². The third-order valence-electron chi connectivity index (χ3n) is 3.38. The standard InChI is InChI=1S/C17H21NO/c1-12-4-7-15(8-5-12)18-17(11-19)16-9-6-13(2)10-14(16)3/h4-10,17-19H,11H2,1-3H3. The average molecular weight is 255 g/mol. The molecule has 2 aromatic carbocycles. The van der Waals surface area contributed by atoms with Crippen LogP contribution in [-0.4, -0.2) is 11.7 Å². The molecule has 2 rings (SSSR count). The van der Waals surface area contributed by atoms with E-state index < -0.39 is 0 Å². The molecule has 0 amide bonds. The molecule has 0 saturated carbocycles. The monoisotopic (exact) mass is 255 g/mol. The number of nitrogens with one attached hydrogen (secondary N) is 1. The van der Waals surface area contributed by atoms with Gasteiger partial charge in [0.05, 0.1) is 12.6 Å². The highest BCUT2D eigenvalue weighted by molar-refractivity contribution is 5.48. The summed E-state index contributed by atoms with van der Waals surface area (Å²) in [6, 6.07) is 14.5. The van der Waals surface area contributed by atoms with Crippen molar-refractivity contribution in [1.29, 1.82) is 0 Å². The lowest BCUT2D eigenvalue weighted by Gasteiger charge is -2.20. The van der Waals surface area contributed by atoms with Gasteiger partial charge in [-0.2, -0.15) is 0 Å². The quantitative estimate of drug-likeness (QED) is 0.872. The first-order valence-corrected chi connectivity index (χ1v) is 6.61. The number of hydrogen-bond acceptors (Lipinski definition) is 2.